The van der Waals surface area contributed by atoms with Crippen LogP contribution in [0.5, 0.6) is 5.75 Å². The molecule has 0 amide bonds. The molecular formula is C14H8F4IO2+. The van der Waals surface area contributed by atoms with Crippen molar-refractivity contribution in [3.05, 3.63) is 62.7 Å². The second kappa shape index (κ2) is 6.42. The van der Waals surface area contributed by atoms with E-state index in [2.05, 4.69) is 4.74 Å². The Bertz CT molecular complexity index is 660. The molecule has 0 aromatic heterocycles. The first-order valence-electron chi connectivity index (χ1n) is 5.58. The Labute approximate surface area is 128 Å². The van der Waals surface area contributed by atoms with Crippen LogP contribution in [0.25, 0.3) is 0 Å². The highest BCUT2D eigenvalue weighted by molar-refractivity contribution is 5.91. The maximum Gasteiger partial charge on any atom is 0.343 e. The lowest BCUT2D eigenvalue weighted by Gasteiger charge is -2.07. The number of carbonyl (C=O) groups is 1. The number of esters is 1. The van der Waals surface area contributed by atoms with E-state index in [4.69, 9.17) is 0 Å². The lowest BCUT2D eigenvalue weighted by atomic mass is 10.2. The number of benzene rings is 2. The van der Waals surface area contributed by atoms with Crippen molar-refractivity contribution in [1.82, 2.24) is 0 Å². The van der Waals surface area contributed by atoms with Gasteiger partial charge < -0.3 is 4.74 Å². The van der Waals surface area contributed by atoms with E-state index in [0.29, 0.717) is 0 Å². The van der Waals surface area contributed by atoms with Crippen molar-refractivity contribution >= 4 is 5.97 Å². The summed E-state index contributed by atoms with van der Waals surface area (Å²) in [5.41, 5.74) is 0.0275. The molecule has 21 heavy (non-hydrogen) atoms. The fourth-order valence-corrected chi connectivity index (χ4v) is 2.58. The van der Waals surface area contributed by atoms with E-state index in [-0.39, 0.29) is 32.8 Å². The standard InChI is InChI=1S/C14H8F4IO2/c1-19-8-4-2-7(3-5-8)14(20)21-13-11(17)9(15)6-10(16)12(13)18/h2-6H,1H3/q+1. The van der Waals surface area contributed by atoms with Crippen LogP contribution in [-0.4, -0.2) is 10.9 Å². The third kappa shape index (κ3) is 3.34. The zero-order chi connectivity index (χ0) is 15.6. The lowest BCUT2D eigenvalue weighted by Crippen LogP contribution is -3.60. The monoisotopic (exact) mass is 411 g/mol. The molecule has 7 heteroatoms. The van der Waals surface area contributed by atoms with Gasteiger partial charge in [0.15, 0.2) is 15.2 Å². The average molecular weight is 411 g/mol. The maximum atomic E-state index is 13.4. The van der Waals surface area contributed by atoms with Crippen molar-refractivity contribution in [3.63, 3.8) is 0 Å². The maximum absolute atomic E-state index is 13.4. The van der Waals surface area contributed by atoms with Crippen molar-refractivity contribution in [1.29, 1.82) is 0 Å². The predicted octanol–water partition coefficient (Wildman–Crippen LogP) is 0.351. The second-order valence-corrected chi connectivity index (χ2v) is 6.21. The highest BCUT2D eigenvalue weighted by Gasteiger charge is 2.23. The minimum Gasteiger partial charge on any atom is -0.416 e. The molecule has 0 aliphatic heterocycles. The fraction of sp³-hybridized carbons (Fsp3) is 0.0714. The summed E-state index contributed by atoms with van der Waals surface area (Å²) in [4.78, 5) is 13.8. The van der Waals surface area contributed by atoms with Crippen LogP contribution in [0.15, 0.2) is 30.3 Å². The van der Waals surface area contributed by atoms with Crippen LogP contribution in [0.4, 0.5) is 17.6 Å². The average Bonchev–Trinajstić information content (AvgIpc) is 2.49. The number of halogens is 5. The minimum atomic E-state index is -1.75. The van der Waals surface area contributed by atoms with Crippen molar-refractivity contribution in [2.45, 2.75) is 0 Å². The Morgan fingerprint density at radius 3 is 2.00 bits per heavy atom. The highest BCUT2D eigenvalue weighted by Crippen LogP contribution is 2.27. The van der Waals surface area contributed by atoms with E-state index < -0.39 is 35.0 Å². The molecule has 0 saturated carbocycles. The van der Waals surface area contributed by atoms with Crippen molar-refractivity contribution in [3.8, 4) is 5.75 Å². The Morgan fingerprint density at radius 2 is 1.52 bits per heavy atom. The van der Waals surface area contributed by atoms with Gasteiger partial charge in [0, 0.05) is 6.07 Å². The summed E-state index contributed by atoms with van der Waals surface area (Å²) in [5, 5.41) is 0. The predicted molar refractivity (Wildman–Crippen MR) is 62.3 cm³/mol. The summed E-state index contributed by atoms with van der Waals surface area (Å²) < 4.78 is 58.3. The molecule has 0 bridgehead atoms. The summed E-state index contributed by atoms with van der Waals surface area (Å²) in [6.07, 6.45) is 0. The third-order valence-electron chi connectivity index (χ3n) is 2.56. The van der Waals surface area contributed by atoms with E-state index in [1.165, 1.54) is 12.1 Å². The molecule has 0 unspecified atom stereocenters. The summed E-state index contributed by atoms with van der Waals surface area (Å²) in [6.45, 7) is 0. The number of ether oxygens (including phenoxy) is 1. The Kier molecular flexibility index (Phi) is 4.81. The number of hydrogen-bond donors (Lipinski definition) is 0. The van der Waals surface area contributed by atoms with Gasteiger partial charge in [0.1, 0.15) is 4.93 Å². The van der Waals surface area contributed by atoms with E-state index in [9.17, 15) is 22.4 Å². The first kappa shape index (κ1) is 15.7. The molecule has 0 N–H and O–H groups in total. The number of hydrogen-bond acceptors (Lipinski definition) is 2. The molecular weight excluding hydrogens is 403 g/mol. The quantitative estimate of drug-likeness (QED) is 0.182. The Hall–Kier alpha value is -1.64. The highest BCUT2D eigenvalue weighted by atomic mass is 127. The third-order valence-corrected chi connectivity index (χ3v) is 4.53. The summed E-state index contributed by atoms with van der Waals surface area (Å²) in [6, 6.07) is 6.26. The van der Waals surface area contributed by atoms with E-state index in [1.807, 2.05) is 4.93 Å². The molecule has 0 fully saturated rings. The zero-order valence-corrected chi connectivity index (χ0v) is 12.8. The van der Waals surface area contributed by atoms with Crippen LogP contribution in [-0.2, 0) is 0 Å². The van der Waals surface area contributed by atoms with Gasteiger partial charge in [-0.3, -0.25) is 0 Å². The summed E-state index contributed by atoms with van der Waals surface area (Å²) in [5.74, 6) is -9.26. The van der Waals surface area contributed by atoms with Gasteiger partial charge in [0.25, 0.3) is 0 Å². The molecule has 2 rings (SSSR count). The number of carbonyl (C=O) groups excluding carboxylic acids is 1. The van der Waals surface area contributed by atoms with Crippen molar-refractivity contribution in [2.24, 2.45) is 0 Å². The van der Waals surface area contributed by atoms with Crippen LogP contribution in [0, 0.1) is 26.8 Å². The normalized spacial score (nSPS) is 10.5. The first-order chi connectivity index (χ1) is 9.93. The topological polar surface area (TPSA) is 26.3 Å². The van der Waals surface area contributed by atoms with Crippen LogP contribution in [0.1, 0.15) is 10.4 Å². The van der Waals surface area contributed by atoms with Gasteiger partial charge >= 0.3 is 27.2 Å². The van der Waals surface area contributed by atoms with Gasteiger partial charge in [0.05, 0.1) is 5.56 Å². The largest absolute Gasteiger partial charge is 0.416 e. The van der Waals surface area contributed by atoms with Gasteiger partial charge in [-0.1, -0.05) is 0 Å². The molecule has 0 aliphatic rings. The van der Waals surface area contributed by atoms with Gasteiger partial charge in [-0.05, 0) is 24.3 Å². The molecule has 0 heterocycles. The number of rotatable bonds is 3. The Morgan fingerprint density at radius 1 is 1.00 bits per heavy atom. The van der Waals surface area contributed by atoms with E-state index >= 15 is 0 Å². The van der Waals surface area contributed by atoms with Gasteiger partial charge in [-0.25, -0.2) is 13.6 Å². The Balaban J connectivity index is 2.31. The van der Waals surface area contributed by atoms with Gasteiger partial charge in [0.2, 0.25) is 17.4 Å². The van der Waals surface area contributed by atoms with Crippen LogP contribution >= 0.6 is 0 Å². The van der Waals surface area contributed by atoms with Gasteiger partial charge in [-0.15, -0.1) is 0 Å². The molecule has 0 saturated heterocycles. The van der Waals surface area contributed by atoms with Crippen molar-refractivity contribution in [2.75, 3.05) is 4.93 Å². The summed E-state index contributed by atoms with van der Waals surface area (Å²) >= 11 is -0.163. The summed E-state index contributed by atoms with van der Waals surface area (Å²) in [7, 11) is 0. The lowest BCUT2D eigenvalue weighted by molar-refractivity contribution is -0.597. The van der Waals surface area contributed by atoms with E-state index in [0.717, 1.165) is 3.57 Å². The second-order valence-electron chi connectivity index (χ2n) is 3.88. The molecule has 0 atom stereocenters. The molecule has 2 nitrogen and oxygen atoms in total. The van der Waals surface area contributed by atoms with Gasteiger partial charge in [-0.2, -0.15) is 8.78 Å². The molecule has 110 valence electrons. The molecule has 0 spiro atoms. The molecule has 0 aliphatic carbocycles. The zero-order valence-electron chi connectivity index (χ0n) is 10.6. The minimum absolute atomic E-state index is 0.0275. The molecule has 2 aromatic rings. The number of alkyl halides is 1. The van der Waals surface area contributed by atoms with Crippen LogP contribution < -0.4 is 25.9 Å². The van der Waals surface area contributed by atoms with Crippen molar-refractivity contribution < 1.29 is 48.3 Å². The SMILES string of the molecule is C[I+]c1ccc(C(=O)Oc2c(F)c(F)cc(F)c2F)cc1. The van der Waals surface area contributed by atoms with E-state index in [1.54, 1.807) is 12.1 Å². The van der Waals surface area contributed by atoms with Crippen LogP contribution in [0.3, 0.4) is 0 Å². The molecule has 2 aromatic carbocycles. The first-order valence-corrected chi connectivity index (χ1v) is 8.82. The smallest absolute Gasteiger partial charge is 0.343 e. The molecule has 0 radical (unpaired) electrons. The van der Waals surface area contributed by atoms with Crippen LogP contribution in [0.2, 0.25) is 0 Å². The fourth-order valence-electron chi connectivity index (χ4n) is 1.50.